The van der Waals surface area contributed by atoms with Crippen LogP contribution < -0.4 is 4.74 Å². The number of sulfonamides is 1. The van der Waals surface area contributed by atoms with Crippen LogP contribution in [0.25, 0.3) is 0 Å². The zero-order valence-electron chi connectivity index (χ0n) is 12.0. The maximum Gasteiger partial charge on any atom is 0.322 e. The van der Waals surface area contributed by atoms with Crippen LogP contribution in [-0.4, -0.2) is 42.5 Å². The Bertz CT molecular complexity index is 772. The van der Waals surface area contributed by atoms with E-state index >= 15 is 0 Å². The van der Waals surface area contributed by atoms with Crippen molar-refractivity contribution in [2.45, 2.75) is 23.7 Å². The van der Waals surface area contributed by atoms with Crippen molar-refractivity contribution in [1.29, 1.82) is 0 Å². The predicted molar refractivity (Wildman–Crippen MR) is 79.5 cm³/mol. The van der Waals surface area contributed by atoms with E-state index in [2.05, 4.69) is 0 Å². The van der Waals surface area contributed by atoms with Gasteiger partial charge in [-0.1, -0.05) is 18.2 Å². The van der Waals surface area contributed by atoms with Gasteiger partial charge in [0.25, 0.3) is 10.0 Å². The van der Waals surface area contributed by atoms with Gasteiger partial charge in [-0.3, -0.25) is 4.79 Å². The quantitative estimate of drug-likeness (QED) is 0.889. The number of benzene rings is 1. The van der Waals surface area contributed by atoms with Crippen molar-refractivity contribution in [3.8, 4) is 5.75 Å². The fourth-order valence-corrected chi connectivity index (χ4v) is 4.09. The smallest absolute Gasteiger partial charge is 0.322 e. The van der Waals surface area contributed by atoms with Crippen LogP contribution in [-0.2, 0) is 14.8 Å². The molecule has 0 unspecified atom stereocenters. The first-order chi connectivity index (χ1) is 11.0. The third kappa shape index (κ3) is 3.08. The van der Waals surface area contributed by atoms with Crippen LogP contribution >= 0.6 is 0 Å². The molecule has 1 aliphatic rings. The van der Waals surface area contributed by atoms with Crippen LogP contribution in [0.3, 0.4) is 0 Å². The summed E-state index contributed by atoms with van der Waals surface area (Å²) in [6.45, 7) is -0.0467. The number of furan rings is 1. The van der Waals surface area contributed by atoms with Crippen LogP contribution in [0.2, 0.25) is 0 Å². The summed E-state index contributed by atoms with van der Waals surface area (Å²) < 4.78 is 36.6. The van der Waals surface area contributed by atoms with Gasteiger partial charge in [0.1, 0.15) is 17.9 Å². The van der Waals surface area contributed by atoms with Gasteiger partial charge >= 0.3 is 5.97 Å². The van der Waals surface area contributed by atoms with Crippen LogP contribution in [0.5, 0.6) is 5.75 Å². The maximum atomic E-state index is 12.5. The molecule has 122 valence electrons. The van der Waals surface area contributed by atoms with Crippen molar-refractivity contribution >= 4 is 16.0 Å². The van der Waals surface area contributed by atoms with Gasteiger partial charge in [0.15, 0.2) is 0 Å². The minimum atomic E-state index is -4.01. The number of carboxylic acids is 1. The molecule has 7 nitrogen and oxygen atoms in total. The van der Waals surface area contributed by atoms with Crippen molar-refractivity contribution in [3.05, 3.63) is 48.7 Å². The van der Waals surface area contributed by atoms with Gasteiger partial charge in [-0.2, -0.15) is 4.31 Å². The topological polar surface area (TPSA) is 97.0 Å². The molecule has 0 radical (unpaired) electrons. The van der Waals surface area contributed by atoms with E-state index in [1.807, 2.05) is 6.07 Å². The summed E-state index contributed by atoms with van der Waals surface area (Å²) in [4.78, 5) is 11.4. The molecule has 0 amide bonds. The molecular formula is C15H15NO6S. The number of hydrogen-bond donors (Lipinski definition) is 1. The number of aliphatic carboxylic acids is 1. The van der Waals surface area contributed by atoms with Gasteiger partial charge in [-0.25, -0.2) is 8.42 Å². The molecule has 2 aromatic rings. The molecule has 0 aliphatic carbocycles. The molecule has 23 heavy (non-hydrogen) atoms. The largest absolute Gasteiger partial charge is 0.489 e. The Labute approximate surface area is 133 Å². The van der Waals surface area contributed by atoms with Crippen LogP contribution in [0, 0.1) is 0 Å². The number of para-hydroxylation sites is 1. The van der Waals surface area contributed by atoms with Crippen LogP contribution in [0.4, 0.5) is 0 Å². The third-order valence-corrected chi connectivity index (χ3v) is 5.37. The molecule has 2 heterocycles. The molecule has 1 saturated heterocycles. The molecule has 2 atom stereocenters. The lowest BCUT2D eigenvalue weighted by Crippen LogP contribution is -2.40. The summed E-state index contributed by atoms with van der Waals surface area (Å²) in [5.41, 5.74) is 0. The first-order valence-corrected chi connectivity index (χ1v) is 8.42. The average Bonchev–Trinajstić information content (AvgIpc) is 3.18. The zero-order valence-corrected chi connectivity index (χ0v) is 12.8. The predicted octanol–water partition coefficient (Wildman–Crippen LogP) is 1.57. The van der Waals surface area contributed by atoms with E-state index in [4.69, 9.17) is 9.15 Å². The first kappa shape index (κ1) is 15.6. The summed E-state index contributed by atoms with van der Waals surface area (Å²) in [7, 11) is -4.01. The lowest BCUT2D eigenvalue weighted by molar-refractivity contribution is -0.140. The Morgan fingerprint density at radius 3 is 2.57 bits per heavy atom. The highest BCUT2D eigenvalue weighted by atomic mass is 32.2. The maximum absolute atomic E-state index is 12.5. The number of nitrogens with zero attached hydrogens (tertiary/aromatic N) is 1. The highest BCUT2D eigenvalue weighted by Crippen LogP contribution is 2.29. The standard InChI is InChI=1S/C15H15NO6S/c17-15(18)13-9-12(22-11-5-2-1-3-6-11)10-16(13)23(19,20)14-7-4-8-21-14/h1-8,12-13H,9-10H2,(H,17,18)/t12-,13-/m0/s1. The number of carbonyl (C=O) groups is 1. The highest BCUT2D eigenvalue weighted by molar-refractivity contribution is 7.89. The summed E-state index contributed by atoms with van der Waals surface area (Å²) in [5, 5.41) is 9.06. The molecule has 1 aliphatic heterocycles. The summed E-state index contributed by atoms with van der Waals surface area (Å²) >= 11 is 0. The van der Waals surface area contributed by atoms with E-state index in [1.165, 1.54) is 18.4 Å². The monoisotopic (exact) mass is 337 g/mol. The molecule has 3 rings (SSSR count). The third-order valence-electron chi connectivity index (χ3n) is 3.61. The van der Waals surface area contributed by atoms with E-state index in [0.717, 1.165) is 4.31 Å². The van der Waals surface area contributed by atoms with E-state index < -0.39 is 28.1 Å². The van der Waals surface area contributed by atoms with Gasteiger partial charge in [0.05, 0.1) is 12.8 Å². The number of hydrogen-bond acceptors (Lipinski definition) is 5. The highest BCUT2D eigenvalue weighted by Gasteiger charge is 2.46. The van der Waals surface area contributed by atoms with E-state index in [1.54, 1.807) is 24.3 Å². The molecule has 1 fully saturated rings. The Kier molecular flexibility index (Phi) is 4.10. The van der Waals surface area contributed by atoms with Gasteiger partial charge in [0.2, 0.25) is 5.09 Å². The molecule has 0 bridgehead atoms. The van der Waals surface area contributed by atoms with E-state index in [0.29, 0.717) is 5.75 Å². The second kappa shape index (κ2) is 6.05. The molecule has 8 heteroatoms. The minimum absolute atomic E-state index is 0.0467. The van der Waals surface area contributed by atoms with Gasteiger partial charge in [-0.15, -0.1) is 0 Å². The fourth-order valence-electron chi connectivity index (χ4n) is 2.56. The Morgan fingerprint density at radius 2 is 1.96 bits per heavy atom. The van der Waals surface area contributed by atoms with Gasteiger partial charge in [-0.05, 0) is 24.3 Å². The van der Waals surface area contributed by atoms with Crippen molar-refractivity contribution in [3.63, 3.8) is 0 Å². The van der Waals surface area contributed by atoms with Gasteiger partial charge < -0.3 is 14.3 Å². The van der Waals surface area contributed by atoms with Gasteiger partial charge in [0, 0.05) is 6.42 Å². The summed E-state index contributed by atoms with van der Waals surface area (Å²) in [6, 6.07) is 10.4. The second-order valence-electron chi connectivity index (χ2n) is 5.15. The Balaban J connectivity index is 1.83. The lowest BCUT2D eigenvalue weighted by atomic mass is 10.2. The Morgan fingerprint density at radius 1 is 1.22 bits per heavy atom. The van der Waals surface area contributed by atoms with E-state index in [9.17, 15) is 18.3 Å². The zero-order chi connectivity index (χ0) is 16.4. The molecule has 1 N–H and O–H groups in total. The van der Waals surface area contributed by atoms with Crippen LogP contribution in [0.15, 0.2) is 58.2 Å². The number of rotatable bonds is 5. The molecule has 1 aromatic carbocycles. The average molecular weight is 337 g/mol. The lowest BCUT2D eigenvalue weighted by Gasteiger charge is -2.19. The summed E-state index contributed by atoms with van der Waals surface area (Å²) in [6.07, 6.45) is 0.768. The normalized spacial score (nSPS) is 22.1. The number of carboxylic acid groups (broad SMARTS) is 1. The number of ether oxygens (including phenoxy) is 1. The Hall–Kier alpha value is -2.32. The van der Waals surface area contributed by atoms with Crippen molar-refractivity contribution in [2.75, 3.05) is 6.54 Å². The van der Waals surface area contributed by atoms with E-state index in [-0.39, 0.29) is 18.1 Å². The first-order valence-electron chi connectivity index (χ1n) is 6.98. The molecule has 0 saturated carbocycles. The van der Waals surface area contributed by atoms with Crippen molar-refractivity contribution in [2.24, 2.45) is 0 Å². The second-order valence-corrected chi connectivity index (χ2v) is 6.97. The fraction of sp³-hybridized carbons (Fsp3) is 0.267. The van der Waals surface area contributed by atoms with Crippen LogP contribution in [0.1, 0.15) is 6.42 Å². The molecule has 0 spiro atoms. The SMILES string of the molecule is O=C(O)[C@@H]1C[C@H](Oc2ccccc2)CN1S(=O)(=O)c1ccco1. The minimum Gasteiger partial charge on any atom is -0.489 e. The molecular weight excluding hydrogens is 322 g/mol. The van der Waals surface area contributed by atoms with Crippen molar-refractivity contribution < 1.29 is 27.5 Å². The van der Waals surface area contributed by atoms with Crippen molar-refractivity contribution in [1.82, 2.24) is 4.31 Å². The summed E-state index contributed by atoms with van der Waals surface area (Å²) in [5.74, 6) is -0.641. The molecule has 1 aromatic heterocycles.